The molecular weight excluding hydrogens is 509 g/mol. The molecule has 0 saturated heterocycles. The van der Waals surface area contributed by atoms with Gasteiger partial charge in [-0.05, 0) is 42.8 Å². The van der Waals surface area contributed by atoms with Crippen molar-refractivity contribution in [3.63, 3.8) is 0 Å². The Balaban J connectivity index is 0.00000320. The van der Waals surface area contributed by atoms with Gasteiger partial charge in [-0.3, -0.25) is 4.79 Å². The van der Waals surface area contributed by atoms with Gasteiger partial charge in [-0.25, -0.2) is 4.99 Å². The number of aryl methyl sites for hydroxylation is 1. The SMILES string of the molecule is Cc1[nH]c2ccccc2c1CCNC(=NCC(=O)N(C)C)NCCc1cccs1.I. The van der Waals surface area contributed by atoms with Crippen LogP contribution < -0.4 is 10.6 Å². The molecule has 0 fully saturated rings. The summed E-state index contributed by atoms with van der Waals surface area (Å²) >= 11 is 1.75. The summed E-state index contributed by atoms with van der Waals surface area (Å²) in [5.74, 6) is 0.658. The molecule has 0 aliphatic heterocycles. The van der Waals surface area contributed by atoms with Crippen LogP contribution in [0.25, 0.3) is 10.9 Å². The largest absolute Gasteiger partial charge is 0.358 e. The first-order valence-electron chi connectivity index (χ1n) is 9.85. The van der Waals surface area contributed by atoms with E-state index >= 15 is 0 Å². The van der Waals surface area contributed by atoms with E-state index in [0.29, 0.717) is 5.96 Å². The molecule has 162 valence electrons. The molecule has 30 heavy (non-hydrogen) atoms. The Morgan fingerprint density at radius 1 is 1.10 bits per heavy atom. The van der Waals surface area contributed by atoms with E-state index in [9.17, 15) is 4.79 Å². The number of thiophene rings is 1. The van der Waals surface area contributed by atoms with Gasteiger partial charge >= 0.3 is 0 Å². The van der Waals surface area contributed by atoms with Crippen LogP contribution in [0.15, 0.2) is 46.8 Å². The molecule has 0 atom stereocenters. The Bertz CT molecular complexity index is 965. The van der Waals surface area contributed by atoms with Gasteiger partial charge in [0.25, 0.3) is 0 Å². The Labute approximate surface area is 199 Å². The highest BCUT2D eigenvalue weighted by atomic mass is 127. The highest BCUT2D eigenvalue weighted by molar-refractivity contribution is 14.0. The van der Waals surface area contributed by atoms with Gasteiger partial charge in [0, 0.05) is 48.7 Å². The number of nitrogens with zero attached hydrogens (tertiary/aromatic N) is 2. The van der Waals surface area contributed by atoms with Crippen molar-refractivity contribution in [2.24, 2.45) is 4.99 Å². The molecule has 0 saturated carbocycles. The summed E-state index contributed by atoms with van der Waals surface area (Å²) in [6.07, 6.45) is 1.81. The van der Waals surface area contributed by atoms with E-state index < -0.39 is 0 Å². The second-order valence-corrected chi connectivity index (χ2v) is 8.19. The number of amides is 1. The van der Waals surface area contributed by atoms with Gasteiger partial charge in [0.15, 0.2) is 5.96 Å². The Hall–Kier alpha value is -2.07. The molecule has 3 aromatic rings. The summed E-state index contributed by atoms with van der Waals surface area (Å²) in [4.78, 5) is 22.7. The van der Waals surface area contributed by atoms with Crippen LogP contribution in [0.5, 0.6) is 0 Å². The van der Waals surface area contributed by atoms with E-state index in [1.165, 1.54) is 27.0 Å². The summed E-state index contributed by atoms with van der Waals surface area (Å²) in [6.45, 7) is 3.76. The number of likely N-dealkylation sites (N-methyl/N-ethyl adjacent to an activating group) is 1. The molecule has 2 heterocycles. The molecule has 0 spiro atoms. The normalized spacial score (nSPS) is 11.2. The molecule has 8 heteroatoms. The Morgan fingerprint density at radius 2 is 1.83 bits per heavy atom. The number of hydrogen-bond donors (Lipinski definition) is 3. The summed E-state index contributed by atoms with van der Waals surface area (Å²) in [5, 5.41) is 10.1. The lowest BCUT2D eigenvalue weighted by atomic mass is 10.1. The van der Waals surface area contributed by atoms with Gasteiger partial charge in [-0.1, -0.05) is 24.3 Å². The van der Waals surface area contributed by atoms with Crippen molar-refractivity contribution < 1.29 is 4.79 Å². The van der Waals surface area contributed by atoms with E-state index in [1.807, 2.05) is 6.07 Å². The maximum Gasteiger partial charge on any atom is 0.243 e. The zero-order chi connectivity index (χ0) is 20.6. The monoisotopic (exact) mass is 539 g/mol. The zero-order valence-electron chi connectivity index (χ0n) is 17.7. The van der Waals surface area contributed by atoms with Crippen LogP contribution in [0.3, 0.4) is 0 Å². The van der Waals surface area contributed by atoms with Gasteiger partial charge in [-0.15, -0.1) is 35.3 Å². The summed E-state index contributed by atoms with van der Waals surface area (Å²) in [7, 11) is 3.49. The molecule has 3 N–H and O–H groups in total. The number of carbonyl (C=O) groups is 1. The van der Waals surface area contributed by atoms with Gasteiger partial charge in [0.05, 0.1) is 0 Å². The van der Waals surface area contributed by atoms with Gasteiger partial charge in [0.2, 0.25) is 5.91 Å². The highest BCUT2D eigenvalue weighted by Gasteiger charge is 2.09. The summed E-state index contributed by atoms with van der Waals surface area (Å²) in [6, 6.07) is 12.6. The van der Waals surface area contributed by atoms with Crippen molar-refractivity contribution in [2.75, 3.05) is 33.7 Å². The van der Waals surface area contributed by atoms with Gasteiger partial charge < -0.3 is 20.5 Å². The van der Waals surface area contributed by atoms with E-state index in [1.54, 1.807) is 30.3 Å². The van der Waals surface area contributed by atoms with Crippen molar-refractivity contribution in [1.82, 2.24) is 20.5 Å². The second kappa shape index (κ2) is 11.9. The average molecular weight is 539 g/mol. The molecule has 0 unspecified atom stereocenters. The molecular formula is C22H30IN5OS. The predicted molar refractivity (Wildman–Crippen MR) is 137 cm³/mol. The first-order valence-corrected chi connectivity index (χ1v) is 10.7. The molecule has 0 aliphatic carbocycles. The van der Waals surface area contributed by atoms with Crippen LogP contribution in [-0.2, 0) is 17.6 Å². The third-order valence-corrected chi connectivity index (χ3v) is 5.75. The fourth-order valence-corrected chi connectivity index (χ4v) is 3.89. The fraction of sp³-hybridized carbons (Fsp3) is 0.364. The molecule has 0 aliphatic rings. The number of guanidine groups is 1. The number of para-hydroxylation sites is 1. The standard InChI is InChI=1S/C22H29N5OS.HI/c1-16-18(19-8-4-5-9-20(19)26-16)11-13-24-22(25-15-21(28)27(2)3)23-12-10-17-7-6-14-29-17;/h4-9,14,26H,10-13,15H2,1-3H3,(H2,23,24,25);1H. The van der Waals surface area contributed by atoms with Crippen molar-refractivity contribution in [3.05, 3.63) is 57.9 Å². The molecule has 0 bridgehead atoms. The van der Waals surface area contributed by atoms with Crippen LogP contribution in [-0.4, -0.2) is 55.5 Å². The molecule has 1 aromatic carbocycles. The molecule has 6 nitrogen and oxygen atoms in total. The summed E-state index contributed by atoms with van der Waals surface area (Å²) in [5.41, 5.74) is 3.68. The minimum absolute atomic E-state index is 0. The van der Waals surface area contributed by atoms with Crippen molar-refractivity contribution in [2.45, 2.75) is 19.8 Å². The minimum atomic E-state index is -0.0168. The maximum absolute atomic E-state index is 11.9. The van der Waals surface area contributed by atoms with Crippen LogP contribution in [0.2, 0.25) is 0 Å². The molecule has 0 radical (unpaired) electrons. The number of H-pyrrole nitrogens is 1. The lowest BCUT2D eigenvalue weighted by Gasteiger charge is -2.14. The van der Waals surface area contributed by atoms with Crippen molar-refractivity contribution in [3.8, 4) is 0 Å². The number of halogens is 1. The first-order chi connectivity index (χ1) is 14.0. The minimum Gasteiger partial charge on any atom is -0.358 e. The molecule has 3 rings (SSSR count). The Kier molecular flexibility index (Phi) is 9.64. The third kappa shape index (κ3) is 6.73. The van der Waals surface area contributed by atoms with Gasteiger partial charge in [-0.2, -0.15) is 0 Å². The van der Waals surface area contributed by atoms with Crippen molar-refractivity contribution in [1.29, 1.82) is 0 Å². The van der Waals surface area contributed by atoms with E-state index in [2.05, 4.69) is 63.2 Å². The summed E-state index contributed by atoms with van der Waals surface area (Å²) < 4.78 is 0. The number of aromatic nitrogens is 1. The predicted octanol–water partition coefficient (Wildman–Crippen LogP) is 3.56. The topological polar surface area (TPSA) is 72.5 Å². The van der Waals surface area contributed by atoms with E-state index in [4.69, 9.17) is 0 Å². The smallest absolute Gasteiger partial charge is 0.243 e. The third-order valence-electron chi connectivity index (χ3n) is 4.81. The molecule has 2 aromatic heterocycles. The highest BCUT2D eigenvalue weighted by Crippen LogP contribution is 2.21. The lowest BCUT2D eigenvalue weighted by Crippen LogP contribution is -2.40. The Morgan fingerprint density at radius 3 is 2.53 bits per heavy atom. The lowest BCUT2D eigenvalue weighted by molar-refractivity contribution is -0.127. The maximum atomic E-state index is 11.9. The van der Waals surface area contributed by atoms with Gasteiger partial charge in [0.1, 0.15) is 6.54 Å². The first kappa shape index (κ1) is 24.2. The number of aromatic amines is 1. The number of carbonyl (C=O) groups excluding carboxylic acids is 1. The quantitative estimate of drug-likeness (QED) is 0.233. The number of benzene rings is 1. The number of hydrogen-bond acceptors (Lipinski definition) is 3. The number of fused-ring (bicyclic) bond motifs is 1. The van der Waals surface area contributed by atoms with E-state index in [0.717, 1.165) is 25.9 Å². The average Bonchev–Trinajstić information content (AvgIpc) is 3.33. The zero-order valence-corrected chi connectivity index (χ0v) is 20.8. The number of nitrogens with one attached hydrogen (secondary N) is 3. The number of aliphatic imine (C=N–C) groups is 1. The number of rotatable bonds is 8. The van der Waals surface area contributed by atoms with Crippen LogP contribution in [0, 0.1) is 6.92 Å². The second-order valence-electron chi connectivity index (χ2n) is 7.16. The van der Waals surface area contributed by atoms with E-state index in [-0.39, 0.29) is 36.4 Å². The van der Waals surface area contributed by atoms with Crippen LogP contribution in [0.4, 0.5) is 0 Å². The van der Waals surface area contributed by atoms with Crippen LogP contribution >= 0.6 is 35.3 Å². The van der Waals surface area contributed by atoms with Crippen molar-refractivity contribution >= 4 is 58.1 Å². The van der Waals surface area contributed by atoms with Crippen LogP contribution in [0.1, 0.15) is 16.1 Å². The fourth-order valence-electron chi connectivity index (χ4n) is 3.18. The molecule has 1 amide bonds.